The molecule has 1 aromatic carbocycles. The largest absolute Gasteiger partial charge is 0.497 e. The van der Waals surface area contributed by atoms with Gasteiger partial charge < -0.3 is 15.0 Å². The van der Waals surface area contributed by atoms with Crippen molar-refractivity contribution >= 4 is 17.7 Å². The van der Waals surface area contributed by atoms with E-state index in [4.69, 9.17) is 4.74 Å². The first kappa shape index (κ1) is 17.0. The van der Waals surface area contributed by atoms with Crippen molar-refractivity contribution < 1.29 is 9.53 Å². The van der Waals surface area contributed by atoms with Gasteiger partial charge in [-0.3, -0.25) is 9.78 Å². The minimum atomic E-state index is 0.0590. The molecular formula is C20H23N3O2. The molecule has 0 unspecified atom stereocenters. The summed E-state index contributed by atoms with van der Waals surface area (Å²) in [6.45, 7) is 1.52. The molecule has 130 valence electrons. The molecule has 1 aliphatic rings. The van der Waals surface area contributed by atoms with Crippen molar-refractivity contribution in [3.8, 4) is 5.75 Å². The maximum absolute atomic E-state index is 12.3. The van der Waals surface area contributed by atoms with Crippen LogP contribution in [0.25, 0.3) is 6.08 Å². The first-order valence-corrected chi connectivity index (χ1v) is 8.52. The Kier molecular flexibility index (Phi) is 5.67. The van der Waals surface area contributed by atoms with Crippen LogP contribution in [0.1, 0.15) is 18.4 Å². The number of amides is 1. The fourth-order valence-corrected chi connectivity index (χ4v) is 2.94. The van der Waals surface area contributed by atoms with Crippen LogP contribution in [0, 0.1) is 0 Å². The van der Waals surface area contributed by atoms with E-state index in [2.05, 4.69) is 10.3 Å². The predicted octanol–water partition coefficient (Wildman–Crippen LogP) is 3.21. The molecule has 1 N–H and O–H groups in total. The van der Waals surface area contributed by atoms with E-state index in [1.165, 1.54) is 0 Å². The average Bonchev–Trinajstić information content (AvgIpc) is 2.67. The molecule has 3 rings (SSSR count). The molecule has 5 heteroatoms. The standard InChI is InChI=1S/C20H23N3O2/c1-25-19-6-2-5-18(14-19)22-17-9-12-23(13-10-17)20(24)8-7-16-4-3-11-21-15-16/h2-8,11,14-15,17,22H,9-10,12-13H2,1H3. The Bertz CT molecular complexity index is 723. The summed E-state index contributed by atoms with van der Waals surface area (Å²) in [5.41, 5.74) is 1.99. The van der Waals surface area contributed by atoms with Crippen LogP contribution in [0.15, 0.2) is 54.9 Å². The number of rotatable bonds is 5. The molecule has 25 heavy (non-hydrogen) atoms. The Hall–Kier alpha value is -2.82. The molecule has 2 aromatic rings. The number of pyridine rings is 1. The van der Waals surface area contributed by atoms with Crippen LogP contribution in [0.4, 0.5) is 5.69 Å². The van der Waals surface area contributed by atoms with Gasteiger partial charge in [0.25, 0.3) is 0 Å². The van der Waals surface area contributed by atoms with Crippen molar-refractivity contribution in [2.75, 3.05) is 25.5 Å². The summed E-state index contributed by atoms with van der Waals surface area (Å²) in [6, 6.07) is 12.1. The summed E-state index contributed by atoms with van der Waals surface area (Å²) in [4.78, 5) is 18.2. The summed E-state index contributed by atoms with van der Waals surface area (Å²) in [5.74, 6) is 0.904. The summed E-state index contributed by atoms with van der Waals surface area (Å²) in [5, 5.41) is 3.53. The smallest absolute Gasteiger partial charge is 0.246 e. The van der Waals surface area contributed by atoms with Crippen molar-refractivity contribution in [2.45, 2.75) is 18.9 Å². The monoisotopic (exact) mass is 337 g/mol. The van der Waals surface area contributed by atoms with Gasteiger partial charge in [-0.2, -0.15) is 0 Å². The zero-order valence-electron chi connectivity index (χ0n) is 14.4. The Morgan fingerprint density at radius 1 is 1.28 bits per heavy atom. The summed E-state index contributed by atoms with van der Waals surface area (Å²) < 4.78 is 5.25. The SMILES string of the molecule is COc1cccc(NC2CCN(C(=O)C=Cc3cccnc3)CC2)c1. The van der Waals surface area contributed by atoms with Crippen molar-refractivity contribution in [1.82, 2.24) is 9.88 Å². The van der Waals surface area contributed by atoms with Crippen LogP contribution in [0.2, 0.25) is 0 Å². The summed E-state index contributed by atoms with van der Waals surface area (Å²) in [6.07, 6.45) is 8.78. The Morgan fingerprint density at radius 3 is 2.84 bits per heavy atom. The van der Waals surface area contributed by atoms with Crippen molar-refractivity contribution in [3.05, 3.63) is 60.4 Å². The second-order valence-corrected chi connectivity index (χ2v) is 6.10. The van der Waals surface area contributed by atoms with Crippen molar-refractivity contribution in [2.24, 2.45) is 0 Å². The lowest BCUT2D eigenvalue weighted by Gasteiger charge is -2.32. The topological polar surface area (TPSA) is 54.5 Å². The molecule has 0 saturated carbocycles. The number of carbonyl (C=O) groups excluding carboxylic acids is 1. The molecular weight excluding hydrogens is 314 g/mol. The number of nitrogens with one attached hydrogen (secondary N) is 1. The number of methoxy groups -OCH3 is 1. The van der Waals surface area contributed by atoms with Gasteiger partial charge in [0.05, 0.1) is 7.11 Å². The van der Waals surface area contributed by atoms with E-state index >= 15 is 0 Å². The normalized spacial score (nSPS) is 15.3. The number of likely N-dealkylation sites (tertiary alicyclic amines) is 1. The highest BCUT2D eigenvalue weighted by atomic mass is 16.5. The molecule has 0 radical (unpaired) electrons. The van der Waals surface area contributed by atoms with Gasteiger partial charge in [0.1, 0.15) is 5.75 Å². The highest BCUT2D eigenvalue weighted by molar-refractivity contribution is 5.91. The van der Waals surface area contributed by atoms with E-state index < -0.39 is 0 Å². The number of benzene rings is 1. The maximum atomic E-state index is 12.3. The fourth-order valence-electron chi connectivity index (χ4n) is 2.94. The van der Waals surface area contributed by atoms with Crippen LogP contribution in [0.5, 0.6) is 5.75 Å². The maximum Gasteiger partial charge on any atom is 0.246 e. The van der Waals surface area contributed by atoms with Gasteiger partial charge in [0, 0.05) is 49.4 Å². The number of hydrogen-bond acceptors (Lipinski definition) is 4. The van der Waals surface area contributed by atoms with E-state index in [9.17, 15) is 4.79 Å². The number of aromatic nitrogens is 1. The highest BCUT2D eigenvalue weighted by Gasteiger charge is 2.21. The number of piperidine rings is 1. The van der Waals surface area contributed by atoms with Gasteiger partial charge in [0.2, 0.25) is 5.91 Å². The second kappa shape index (κ2) is 8.33. The Balaban J connectivity index is 1.49. The average molecular weight is 337 g/mol. The van der Waals surface area contributed by atoms with E-state index in [1.807, 2.05) is 47.4 Å². The molecule has 1 amide bonds. The first-order chi connectivity index (χ1) is 12.2. The lowest BCUT2D eigenvalue weighted by atomic mass is 10.0. The van der Waals surface area contributed by atoms with Crippen LogP contribution in [0.3, 0.4) is 0 Å². The molecule has 5 nitrogen and oxygen atoms in total. The molecule has 2 heterocycles. The van der Waals surface area contributed by atoms with E-state index in [-0.39, 0.29) is 5.91 Å². The van der Waals surface area contributed by atoms with Crippen LogP contribution in [-0.4, -0.2) is 42.0 Å². The molecule has 1 aliphatic heterocycles. The molecule has 0 aliphatic carbocycles. The van der Waals surface area contributed by atoms with E-state index in [1.54, 1.807) is 25.6 Å². The number of ether oxygens (including phenoxy) is 1. The molecule has 1 fully saturated rings. The third kappa shape index (κ3) is 4.83. The molecule has 1 aromatic heterocycles. The molecule has 0 atom stereocenters. The van der Waals surface area contributed by atoms with E-state index in [0.717, 1.165) is 42.9 Å². The van der Waals surface area contributed by atoms with Crippen LogP contribution in [-0.2, 0) is 4.79 Å². The third-order valence-corrected chi connectivity index (χ3v) is 4.35. The Labute approximate surface area is 148 Å². The zero-order chi connectivity index (χ0) is 17.5. The molecule has 0 bridgehead atoms. The van der Waals surface area contributed by atoms with Gasteiger partial charge in [-0.15, -0.1) is 0 Å². The van der Waals surface area contributed by atoms with E-state index in [0.29, 0.717) is 6.04 Å². The second-order valence-electron chi connectivity index (χ2n) is 6.10. The lowest BCUT2D eigenvalue weighted by molar-refractivity contribution is -0.126. The predicted molar refractivity (Wildman–Crippen MR) is 99.5 cm³/mol. The van der Waals surface area contributed by atoms with Crippen LogP contribution >= 0.6 is 0 Å². The van der Waals surface area contributed by atoms with Crippen LogP contribution < -0.4 is 10.1 Å². The molecule has 1 saturated heterocycles. The number of anilines is 1. The van der Waals surface area contributed by atoms with Gasteiger partial charge in [0.15, 0.2) is 0 Å². The number of nitrogens with zero attached hydrogens (tertiary/aromatic N) is 2. The first-order valence-electron chi connectivity index (χ1n) is 8.52. The number of carbonyl (C=O) groups is 1. The van der Waals surface area contributed by atoms with Gasteiger partial charge in [-0.05, 0) is 42.7 Å². The number of hydrogen-bond donors (Lipinski definition) is 1. The quantitative estimate of drug-likeness (QED) is 0.851. The Morgan fingerprint density at radius 2 is 2.12 bits per heavy atom. The zero-order valence-corrected chi connectivity index (χ0v) is 14.4. The summed E-state index contributed by atoms with van der Waals surface area (Å²) >= 11 is 0. The summed E-state index contributed by atoms with van der Waals surface area (Å²) in [7, 11) is 1.67. The van der Waals surface area contributed by atoms with Crippen molar-refractivity contribution in [1.29, 1.82) is 0 Å². The third-order valence-electron chi connectivity index (χ3n) is 4.35. The fraction of sp³-hybridized carbons (Fsp3) is 0.300. The highest BCUT2D eigenvalue weighted by Crippen LogP contribution is 2.21. The minimum Gasteiger partial charge on any atom is -0.497 e. The van der Waals surface area contributed by atoms with Gasteiger partial charge in [-0.25, -0.2) is 0 Å². The molecule has 0 spiro atoms. The minimum absolute atomic E-state index is 0.0590. The van der Waals surface area contributed by atoms with Crippen molar-refractivity contribution in [3.63, 3.8) is 0 Å². The lowest BCUT2D eigenvalue weighted by Crippen LogP contribution is -2.41. The van der Waals surface area contributed by atoms with Gasteiger partial charge in [-0.1, -0.05) is 12.1 Å². The van der Waals surface area contributed by atoms with Gasteiger partial charge >= 0.3 is 0 Å².